The Morgan fingerprint density at radius 2 is 2.00 bits per heavy atom. The zero-order valence-corrected chi connectivity index (χ0v) is 23.0. The van der Waals surface area contributed by atoms with Crippen molar-refractivity contribution in [3.05, 3.63) is 53.7 Å². The number of likely N-dealkylation sites (N-methyl/N-ethyl adjacent to an activating group) is 1. The molecule has 5 heterocycles. The van der Waals surface area contributed by atoms with E-state index < -0.39 is 0 Å². The number of aromatic amines is 1. The number of aromatic nitrogens is 3. The first-order valence-corrected chi connectivity index (χ1v) is 13.9. The number of H-pyrrole nitrogens is 1. The van der Waals surface area contributed by atoms with Crippen molar-refractivity contribution in [2.24, 2.45) is 0 Å². The van der Waals surface area contributed by atoms with E-state index in [2.05, 4.69) is 79.9 Å². The largest absolute Gasteiger partial charge is 0.494 e. The first kappa shape index (κ1) is 23.5. The maximum atomic E-state index is 5.85. The number of ether oxygens (including phenoxy) is 1. The van der Waals surface area contributed by atoms with Crippen LogP contribution >= 0.6 is 12.1 Å². The van der Waals surface area contributed by atoms with Crippen molar-refractivity contribution >= 4 is 57.7 Å². The molecule has 1 atom stereocenters. The molecule has 1 fully saturated rings. The van der Waals surface area contributed by atoms with Crippen LogP contribution < -0.4 is 23.6 Å². The quantitative estimate of drug-likeness (QED) is 0.338. The predicted octanol–water partition coefficient (Wildman–Crippen LogP) is 5.24. The molecule has 0 bridgehead atoms. The van der Waals surface area contributed by atoms with E-state index in [4.69, 9.17) is 14.7 Å². The lowest BCUT2D eigenvalue weighted by Crippen LogP contribution is -2.50. The Balaban J connectivity index is 1.24. The number of methoxy groups -OCH3 is 1. The molecule has 0 amide bonds. The highest BCUT2D eigenvalue weighted by Gasteiger charge is 2.36. The standard InChI is InChI=1S/C28H32N8OS/c1-17-14-21(24(37-4)15-23(17)34-13-12-33(3)18(2)16-34)30-28-31-26-20(8-10-29-26)27(32-28)36-22-7-5-6-19-9-11-35(38-36)25(19)22/h5-8,10,14-15,18H,9,11-13,16H2,1-4H3,(H2,29,30,31,32). The molecular weight excluding hydrogens is 496 g/mol. The van der Waals surface area contributed by atoms with Crippen LogP contribution in [0.1, 0.15) is 18.1 Å². The Kier molecular flexibility index (Phi) is 5.55. The van der Waals surface area contributed by atoms with Crippen LogP contribution in [0.25, 0.3) is 11.0 Å². The second-order valence-electron chi connectivity index (χ2n) is 10.4. The molecule has 0 aliphatic carbocycles. The average molecular weight is 529 g/mol. The van der Waals surface area contributed by atoms with Crippen LogP contribution in [0.3, 0.4) is 0 Å². The van der Waals surface area contributed by atoms with Gasteiger partial charge in [-0.2, -0.15) is 9.97 Å². The number of rotatable bonds is 5. The van der Waals surface area contributed by atoms with Crippen LogP contribution in [0, 0.1) is 6.92 Å². The third kappa shape index (κ3) is 3.73. The summed E-state index contributed by atoms with van der Waals surface area (Å²) in [7, 11) is 3.91. The van der Waals surface area contributed by atoms with E-state index in [0.29, 0.717) is 12.0 Å². The van der Waals surface area contributed by atoms with Gasteiger partial charge < -0.3 is 24.8 Å². The molecule has 0 radical (unpaired) electrons. The molecule has 2 aromatic carbocycles. The van der Waals surface area contributed by atoms with Gasteiger partial charge in [0.1, 0.15) is 11.4 Å². The van der Waals surface area contributed by atoms with E-state index >= 15 is 0 Å². The van der Waals surface area contributed by atoms with E-state index in [1.807, 2.05) is 12.3 Å². The van der Waals surface area contributed by atoms with Crippen molar-refractivity contribution in [2.45, 2.75) is 26.3 Å². The Morgan fingerprint density at radius 1 is 1.11 bits per heavy atom. The molecule has 9 nitrogen and oxygen atoms in total. The average Bonchev–Trinajstić information content (AvgIpc) is 3.65. The predicted molar refractivity (Wildman–Crippen MR) is 156 cm³/mol. The van der Waals surface area contributed by atoms with Gasteiger partial charge in [-0.15, -0.1) is 0 Å². The summed E-state index contributed by atoms with van der Waals surface area (Å²) in [5.41, 5.74) is 7.93. The van der Waals surface area contributed by atoms with Crippen LogP contribution in [-0.2, 0) is 6.42 Å². The summed E-state index contributed by atoms with van der Waals surface area (Å²) in [5.74, 6) is 2.17. The van der Waals surface area contributed by atoms with Gasteiger partial charge in [0.2, 0.25) is 5.95 Å². The topological polar surface area (TPSA) is 75.8 Å². The van der Waals surface area contributed by atoms with Crippen molar-refractivity contribution in [1.82, 2.24) is 19.9 Å². The smallest absolute Gasteiger partial charge is 0.231 e. The molecule has 10 heteroatoms. The van der Waals surface area contributed by atoms with Gasteiger partial charge in [-0.1, -0.05) is 12.1 Å². The number of hydrogen-bond donors (Lipinski definition) is 2. The zero-order valence-electron chi connectivity index (χ0n) is 22.2. The number of piperazine rings is 1. The van der Waals surface area contributed by atoms with Crippen LogP contribution in [0.15, 0.2) is 42.6 Å². The fourth-order valence-electron chi connectivity index (χ4n) is 5.75. The summed E-state index contributed by atoms with van der Waals surface area (Å²) < 4.78 is 10.4. The molecule has 3 aliphatic heterocycles. The Bertz CT molecular complexity index is 1540. The lowest BCUT2D eigenvalue weighted by atomic mass is 10.1. The van der Waals surface area contributed by atoms with E-state index in [1.165, 1.54) is 28.2 Å². The summed E-state index contributed by atoms with van der Waals surface area (Å²) in [6.07, 6.45) is 3.01. The van der Waals surface area contributed by atoms with Gasteiger partial charge in [0.15, 0.2) is 5.82 Å². The van der Waals surface area contributed by atoms with Crippen LogP contribution in [0.4, 0.5) is 34.5 Å². The van der Waals surface area contributed by atoms with Crippen molar-refractivity contribution in [1.29, 1.82) is 0 Å². The summed E-state index contributed by atoms with van der Waals surface area (Å²) in [6.45, 7) is 8.49. The summed E-state index contributed by atoms with van der Waals surface area (Å²) in [5, 5.41) is 4.46. The van der Waals surface area contributed by atoms with Crippen LogP contribution in [-0.4, -0.2) is 66.2 Å². The van der Waals surface area contributed by atoms with E-state index in [9.17, 15) is 0 Å². The maximum Gasteiger partial charge on any atom is 0.231 e. The SMILES string of the molecule is COc1cc(N2CCN(C)C(C)C2)c(C)cc1Nc1nc(N2SN3CCc4cccc2c43)c2cc[nH]c2n1. The highest BCUT2D eigenvalue weighted by Crippen LogP contribution is 2.53. The molecule has 4 aromatic rings. The van der Waals surface area contributed by atoms with E-state index in [-0.39, 0.29) is 0 Å². The molecule has 1 unspecified atom stereocenters. The maximum absolute atomic E-state index is 5.85. The second-order valence-corrected chi connectivity index (χ2v) is 11.3. The minimum absolute atomic E-state index is 0.507. The number of anilines is 6. The third-order valence-electron chi connectivity index (χ3n) is 7.98. The van der Waals surface area contributed by atoms with Crippen molar-refractivity contribution < 1.29 is 4.74 Å². The molecule has 1 saturated heterocycles. The number of hydrogen-bond acceptors (Lipinski definition) is 9. The lowest BCUT2D eigenvalue weighted by molar-refractivity contribution is 0.234. The summed E-state index contributed by atoms with van der Waals surface area (Å²) in [6, 6.07) is 13.4. The number of para-hydroxylation sites is 1. The van der Waals surface area contributed by atoms with E-state index in [1.54, 1.807) is 19.2 Å². The minimum atomic E-state index is 0.507. The number of benzene rings is 2. The van der Waals surface area contributed by atoms with Crippen LogP contribution in [0.5, 0.6) is 5.75 Å². The second kappa shape index (κ2) is 8.99. The number of nitrogens with zero attached hydrogens (tertiary/aromatic N) is 6. The monoisotopic (exact) mass is 528 g/mol. The highest BCUT2D eigenvalue weighted by atomic mass is 32.2. The summed E-state index contributed by atoms with van der Waals surface area (Å²) in [4.78, 5) is 18.0. The van der Waals surface area contributed by atoms with Gasteiger partial charge >= 0.3 is 0 Å². The Hall–Kier alpha value is -3.63. The first-order chi connectivity index (χ1) is 18.5. The molecule has 7 rings (SSSR count). The molecular formula is C28H32N8OS. The molecule has 0 spiro atoms. The van der Waals surface area contributed by atoms with Gasteiger partial charge in [0.05, 0.1) is 41.7 Å². The van der Waals surface area contributed by atoms with E-state index in [0.717, 1.165) is 60.9 Å². The molecule has 38 heavy (non-hydrogen) atoms. The van der Waals surface area contributed by atoms with Gasteiger partial charge in [0.25, 0.3) is 0 Å². The first-order valence-electron chi connectivity index (χ1n) is 13.1. The van der Waals surface area contributed by atoms with Crippen molar-refractivity contribution in [3.8, 4) is 5.75 Å². The normalized spacial score (nSPS) is 18.9. The number of fused-ring (bicyclic) bond motifs is 1. The zero-order chi connectivity index (χ0) is 26.0. The van der Waals surface area contributed by atoms with Gasteiger partial charge in [-0.25, -0.2) is 4.31 Å². The Morgan fingerprint density at radius 3 is 2.84 bits per heavy atom. The molecule has 0 saturated carbocycles. The summed E-state index contributed by atoms with van der Waals surface area (Å²) >= 11 is 1.71. The molecule has 2 aromatic heterocycles. The molecule has 2 N–H and O–H groups in total. The lowest BCUT2D eigenvalue weighted by Gasteiger charge is -2.39. The van der Waals surface area contributed by atoms with Crippen LogP contribution in [0.2, 0.25) is 0 Å². The van der Waals surface area contributed by atoms with Gasteiger partial charge in [-0.3, -0.25) is 4.31 Å². The molecule has 3 aliphatic rings. The third-order valence-corrected chi connectivity index (χ3v) is 9.08. The number of nitrogens with one attached hydrogen (secondary N) is 2. The fourth-order valence-corrected chi connectivity index (χ4v) is 6.86. The van der Waals surface area contributed by atoms with Crippen molar-refractivity contribution in [3.63, 3.8) is 0 Å². The van der Waals surface area contributed by atoms with Gasteiger partial charge in [0, 0.05) is 50.2 Å². The van der Waals surface area contributed by atoms with Crippen molar-refractivity contribution in [2.75, 3.05) is 59.2 Å². The fraction of sp³-hybridized carbons (Fsp3) is 0.357. The number of aryl methyl sites for hydroxylation is 1. The highest BCUT2D eigenvalue weighted by molar-refractivity contribution is 8.02. The molecule has 196 valence electrons. The Labute approximate surface area is 227 Å². The minimum Gasteiger partial charge on any atom is -0.494 e. The van der Waals surface area contributed by atoms with Gasteiger partial charge in [-0.05, 0) is 56.6 Å².